The summed E-state index contributed by atoms with van der Waals surface area (Å²) in [4.78, 5) is 12.3. The minimum atomic E-state index is -0.871. The van der Waals surface area contributed by atoms with Crippen molar-refractivity contribution in [2.45, 2.75) is 12.3 Å². The molecule has 0 aliphatic carbocycles. The number of benzene rings is 1. The molecule has 0 fully saturated rings. The number of phenols is 1. The molecule has 17 heavy (non-hydrogen) atoms. The van der Waals surface area contributed by atoms with E-state index in [0.29, 0.717) is 12.0 Å². The molecule has 0 aliphatic rings. The van der Waals surface area contributed by atoms with Gasteiger partial charge >= 0.3 is 5.97 Å². The second-order valence-corrected chi connectivity index (χ2v) is 4.80. The average molecular weight is 248 g/mol. The van der Waals surface area contributed by atoms with Gasteiger partial charge in [0, 0.05) is 4.88 Å². The van der Waals surface area contributed by atoms with Gasteiger partial charge in [-0.3, -0.25) is 4.79 Å². The topological polar surface area (TPSA) is 57.5 Å². The first-order valence-electron chi connectivity index (χ1n) is 5.21. The van der Waals surface area contributed by atoms with Gasteiger partial charge in [-0.05, 0) is 35.6 Å². The van der Waals surface area contributed by atoms with Crippen LogP contribution in [0.25, 0.3) is 0 Å². The van der Waals surface area contributed by atoms with Crippen LogP contribution in [0, 0.1) is 0 Å². The molecule has 2 N–H and O–H groups in total. The van der Waals surface area contributed by atoms with E-state index in [0.717, 1.165) is 4.88 Å². The SMILES string of the molecule is O=C(O)C(Cc1cccs1)c1cccc(O)c1. The van der Waals surface area contributed by atoms with E-state index in [1.165, 1.54) is 12.1 Å². The van der Waals surface area contributed by atoms with Crippen molar-refractivity contribution in [2.24, 2.45) is 0 Å². The number of thiophene rings is 1. The summed E-state index contributed by atoms with van der Waals surface area (Å²) in [5.41, 5.74) is 0.630. The van der Waals surface area contributed by atoms with E-state index >= 15 is 0 Å². The molecule has 3 nitrogen and oxygen atoms in total. The summed E-state index contributed by atoms with van der Waals surface area (Å²) in [6.45, 7) is 0. The summed E-state index contributed by atoms with van der Waals surface area (Å²) in [5, 5.41) is 20.5. The molecule has 1 atom stereocenters. The molecule has 4 heteroatoms. The first-order chi connectivity index (χ1) is 8.16. The van der Waals surface area contributed by atoms with Gasteiger partial charge < -0.3 is 10.2 Å². The van der Waals surface area contributed by atoms with Crippen LogP contribution in [0.15, 0.2) is 41.8 Å². The zero-order chi connectivity index (χ0) is 12.3. The van der Waals surface area contributed by atoms with Crippen molar-refractivity contribution in [3.63, 3.8) is 0 Å². The second-order valence-electron chi connectivity index (χ2n) is 3.77. The third-order valence-electron chi connectivity index (χ3n) is 2.56. The van der Waals surface area contributed by atoms with Crippen LogP contribution in [0.3, 0.4) is 0 Å². The molecular weight excluding hydrogens is 236 g/mol. The Labute approximate surface area is 103 Å². The Bertz CT molecular complexity index is 505. The number of phenolic OH excluding ortho intramolecular Hbond substituents is 1. The Morgan fingerprint density at radius 1 is 1.29 bits per heavy atom. The lowest BCUT2D eigenvalue weighted by atomic mass is 9.95. The van der Waals surface area contributed by atoms with Gasteiger partial charge in [0.25, 0.3) is 0 Å². The molecule has 0 radical (unpaired) electrons. The number of aromatic hydroxyl groups is 1. The van der Waals surface area contributed by atoms with Crippen molar-refractivity contribution in [3.8, 4) is 5.75 Å². The van der Waals surface area contributed by atoms with E-state index in [1.54, 1.807) is 23.5 Å². The number of carboxylic acid groups (broad SMARTS) is 1. The van der Waals surface area contributed by atoms with E-state index in [2.05, 4.69) is 0 Å². The van der Waals surface area contributed by atoms with Crippen LogP contribution in [-0.4, -0.2) is 16.2 Å². The molecule has 0 saturated carbocycles. The lowest BCUT2D eigenvalue weighted by Crippen LogP contribution is -2.13. The highest BCUT2D eigenvalue weighted by molar-refractivity contribution is 7.09. The van der Waals surface area contributed by atoms with Crippen molar-refractivity contribution in [1.82, 2.24) is 0 Å². The van der Waals surface area contributed by atoms with Gasteiger partial charge in [-0.1, -0.05) is 18.2 Å². The molecule has 1 heterocycles. The van der Waals surface area contributed by atoms with Crippen LogP contribution < -0.4 is 0 Å². The standard InChI is InChI=1S/C13H12O3S/c14-10-4-1-3-9(7-10)12(13(15)16)8-11-5-2-6-17-11/h1-7,12,14H,8H2,(H,15,16). The number of hydrogen-bond acceptors (Lipinski definition) is 3. The second kappa shape index (κ2) is 5.01. The quantitative estimate of drug-likeness (QED) is 0.874. The Hall–Kier alpha value is -1.81. The van der Waals surface area contributed by atoms with Crippen LogP contribution in [0.1, 0.15) is 16.4 Å². The van der Waals surface area contributed by atoms with Crippen molar-refractivity contribution >= 4 is 17.3 Å². The summed E-state index contributed by atoms with van der Waals surface area (Å²) in [5.74, 6) is -1.38. The number of carboxylic acids is 1. The van der Waals surface area contributed by atoms with E-state index in [9.17, 15) is 15.0 Å². The molecule has 1 unspecified atom stereocenters. The summed E-state index contributed by atoms with van der Waals surface area (Å²) >= 11 is 1.54. The smallest absolute Gasteiger partial charge is 0.311 e. The minimum absolute atomic E-state index is 0.0972. The Balaban J connectivity index is 2.26. The van der Waals surface area contributed by atoms with Gasteiger partial charge in [-0.15, -0.1) is 11.3 Å². The molecule has 0 aliphatic heterocycles. The van der Waals surface area contributed by atoms with E-state index in [4.69, 9.17) is 0 Å². The summed E-state index contributed by atoms with van der Waals surface area (Å²) in [7, 11) is 0. The molecule has 0 spiro atoms. The van der Waals surface area contributed by atoms with Crippen molar-refractivity contribution in [3.05, 3.63) is 52.2 Å². The Morgan fingerprint density at radius 2 is 2.12 bits per heavy atom. The van der Waals surface area contributed by atoms with Gasteiger partial charge in [0.1, 0.15) is 5.75 Å². The van der Waals surface area contributed by atoms with Gasteiger partial charge in [-0.2, -0.15) is 0 Å². The third-order valence-corrected chi connectivity index (χ3v) is 3.45. The highest BCUT2D eigenvalue weighted by Crippen LogP contribution is 2.25. The molecule has 0 saturated heterocycles. The molecule has 1 aromatic carbocycles. The van der Waals surface area contributed by atoms with Gasteiger partial charge in [0.15, 0.2) is 0 Å². The monoisotopic (exact) mass is 248 g/mol. The van der Waals surface area contributed by atoms with E-state index in [1.807, 2.05) is 17.5 Å². The number of carbonyl (C=O) groups is 1. The first-order valence-corrected chi connectivity index (χ1v) is 6.09. The fourth-order valence-electron chi connectivity index (χ4n) is 1.72. The van der Waals surface area contributed by atoms with Crippen LogP contribution in [-0.2, 0) is 11.2 Å². The van der Waals surface area contributed by atoms with Crippen LogP contribution in [0.2, 0.25) is 0 Å². The molecule has 2 aromatic rings. The van der Waals surface area contributed by atoms with Gasteiger partial charge in [0.05, 0.1) is 5.92 Å². The molecule has 0 amide bonds. The van der Waals surface area contributed by atoms with Crippen molar-refractivity contribution in [2.75, 3.05) is 0 Å². The maximum atomic E-state index is 11.3. The predicted octanol–water partition coefficient (Wildman–Crippen LogP) is 2.86. The molecule has 1 aromatic heterocycles. The third kappa shape index (κ3) is 2.85. The number of aliphatic carboxylic acids is 1. The zero-order valence-corrected chi connectivity index (χ0v) is 9.85. The Kier molecular flexibility index (Phi) is 3.44. The maximum absolute atomic E-state index is 11.3. The number of hydrogen-bond donors (Lipinski definition) is 2. The molecular formula is C13H12O3S. The zero-order valence-electron chi connectivity index (χ0n) is 9.04. The highest BCUT2D eigenvalue weighted by Gasteiger charge is 2.21. The fourth-order valence-corrected chi connectivity index (χ4v) is 2.47. The average Bonchev–Trinajstić information content (AvgIpc) is 2.78. The van der Waals surface area contributed by atoms with Crippen molar-refractivity contribution < 1.29 is 15.0 Å². The summed E-state index contributed by atoms with van der Waals surface area (Å²) in [6, 6.07) is 10.3. The first kappa shape index (κ1) is 11.7. The summed E-state index contributed by atoms with van der Waals surface area (Å²) < 4.78 is 0. The van der Waals surface area contributed by atoms with E-state index in [-0.39, 0.29) is 5.75 Å². The lowest BCUT2D eigenvalue weighted by molar-refractivity contribution is -0.138. The normalized spacial score (nSPS) is 12.2. The highest BCUT2D eigenvalue weighted by atomic mass is 32.1. The predicted molar refractivity (Wildman–Crippen MR) is 66.5 cm³/mol. The molecule has 2 rings (SSSR count). The van der Waals surface area contributed by atoms with Crippen LogP contribution in [0.4, 0.5) is 0 Å². The van der Waals surface area contributed by atoms with Crippen LogP contribution in [0.5, 0.6) is 5.75 Å². The maximum Gasteiger partial charge on any atom is 0.311 e. The van der Waals surface area contributed by atoms with E-state index < -0.39 is 11.9 Å². The molecule has 0 bridgehead atoms. The largest absolute Gasteiger partial charge is 0.508 e. The fraction of sp³-hybridized carbons (Fsp3) is 0.154. The Morgan fingerprint density at radius 3 is 2.71 bits per heavy atom. The van der Waals surface area contributed by atoms with Crippen molar-refractivity contribution in [1.29, 1.82) is 0 Å². The molecule has 88 valence electrons. The van der Waals surface area contributed by atoms with Gasteiger partial charge in [0.2, 0.25) is 0 Å². The minimum Gasteiger partial charge on any atom is -0.508 e. The number of rotatable bonds is 4. The van der Waals surface area contributed by atoms with Gasteiger partial charge in [-0.25, -0.2) is 0 Å². The lowest BCUT2D eigenvalue weighted by Gasteiger charge is -2.11. The summed E-state index contributed by atoms with van der Waals surface area (Å²) in [6.07, 6.45) is 0.455. The van der Waals surface area contributed by atoms with Crippen LogP contribution >= 0.6 is 11.3 Å².